The number of hydrogen-bond donors (Lipinski definition) is 0. The molecule has 0 saturated carbocycles. The zero-order chi connectivity index (χ0) is 25.4. The van der Waals surface area contributed by atoms with Gasteiger partial charge in [-0.1, -0.05) is 67.6 Å². The van der Waals surface area contributed by atoms with E-state index in [9.17, 15) is 4.79 Å². The van der Waals surface area contributed by atoms with E-state index in [0.717, 1.165) is 28.1 Å². The van der Waals surface area contributed by atoms with Crippen LogP contribution in [0.3, 0.4) is 0 Å². The van der Waals surface area contributed by atoms with Gasteiger partial charge in [-0.3, -0.25) is 4.79 Å². The van der Waals surface area contributed by atoms with Gasteiger partial charge < -0.3 is 9.15 Å². The molecule has 0 saturated heterocycles. The summed E-state index contributed by atoms with van der Waals surface area (Å²) in [5, 5.41) is 8.14. The fourth-order valence-corrected chi connectivity index (χ4v) is 4.41. The molecule has 1 atom stereocenters. The monoisotopic (exact) mass is 487 g/mol. The predicted octanol–water partition coefficient (Wildman–Crippen LogP) is 7.02. The molecule has 6 aromatic rings. The topological polar surface area (TPSA) is 69.6 Å². The lowest BCUT2D eigenvalue weighted by atomic mass is 10.0. The Labute approximate surface area is 213 Å². The highest BCUT2D eigenvalue weighted by molar-refractivity contribution is 6.02. The lowest BCUT2D eigenvalue weighted by molar-refractivity contribution is 0.217. The number of benzene rings is 4. The van der Waals surface area contributed by atoms with Gasteiger partial charge in [0.15, 0.2) is 5.76 Å². The zero-order valence-electron chi connectivity index (χ0n) is 20.6. The quantitative estimate of drug-likeness (QED) is 0.237. The van der Waals surface area contributed by atoms with Gasteiger partial charge in [-0.05, 0) is 54.4 Å². The Kier molecular flexibility index (Phi) is 5.77. The number of nitrogens with zero attached hydrogens (tertiary/aromatic N) is 3. The van der Waals surface area contributed by atoms with Crippen LogP contribution < -0.4 is 10.3 Å². The molecule has 6 heteroatoms. The summed E-state index contributed by atoms with van der Waals surface area (Å²) in [4.78, 5) is 18.5. The lowest BCUT2D eigenvalue weighted by Gasteiger charge is -2.16. The molecule has 182 valence electrons. The van der Waals surface area contributed by atoms with E-state index in [1.54, 1.807) is 12.3 Å². The minimum absolute atomic E-state index is 0.0319. The van der Waals surface area contributed by atoms with Crippen LogP contribution in [-0.4, -0.2) is 22.0 Å². The number of para-hydroxylation sites is 2. The van der Waals surface area contributed by atoms with Gasteiger partial charge in [0.25, 0.3) is 5.56 Å². The maximum absolute atomic E-state index is 13.7. The molecule has 4 aromatic carbocycles. The minimum atomic E-state index is -0.276. The molecule has 2 heterocycles. The van der Waals surface area contributed by atoms with Crippen LogP contribution in [0.5, 0.6) is 5.75 Å². The first-order chi connectivity index (χ1) is 18.1. The van der Waals surface area contributed by atoms with Gasteiger partial charge in [0.1, 0.15) is 11.3 Å². The summed E-state index contributed by atoms with van der Waals surface area (Å²) >= 11 is 0. The molecular weight excluding hydrogens is 462 g/mol. The maximum atomic E-state index is 13.7. The van der Waals surface area contributed by atoms with Crippen molar-refractivity contribution >= 4 is 38.9 Å². The molecule has 0 aliphatic rings. The summed E-state index contributed by atoms with van der Waals surface area (Å²) in [6.07, 6.45) is 2.59. The van der Waals surface area contributed by atoms with Crippen molar-refractivity contribution in [3.63, 3.8) is 0 Å². The van der Waals surface area contributed by atoms with Crippen molar-refractivity contribution in [1.29, 1.82) is 0 Å². The van der Waals surface area contributed by atoms with E-state index in [4.69, 9.17) is 19.2 Å². The van der Waals surface area contributed by atoms with E-state index in [1.165, 1.54) is 4.68 Å². The summed E-state index contributed by atoms with van der Waals surface area (Å²) in [5.41, 5.74) is 1.82. The standard InChI is InChI=1S/C31H25N3O3/c1-3-20(2)36-28-17-16-21-10-4-6-12-23(21)25(28)19-32-34-30(29-18-22-11-5-9-15-27(22)37-29)33-26-14-8-7-13-24(26)31(34)35/h4-20H,3H2,1-2H3/t20-/m1/s1. The Morgan fingerprint density at radius 1 is 0.946 bits per heavy atom. The Morgan fingerprint density at radius 3 is 2.49 bits per heavy atom. The molecule has 0 fully saturated rings. The molecule has 0 radical (unpaired) electrons. The predicted molar refractivity (Wildman–Crippen MR) is 149 cm³/mol. The zero-order valence-corrected chi connectivity index (χ0v) is 20.6. The Balaban J connectivity index is 1.58. The number of fused-ring (bicyclic) bond motifs is 3. The number of hydrogen-bond acceptors (Lipinski definition) is 5. The number of furan rings is 1. The van der Waals surface area contributed by atoms with Gasteiger partial charge >= 0.3 is 0 Å². The van der Waals surface area contributed by atoms with E-state index in [1.807, 2.05) is 91.9 Å². The fraction of sp³-hybridized carbons (Fsp3) is 0.129. The van der Waals surface area contributed by atoms with Crippen molar-refractivity contribution in [3.05, 3.63) is 107 Å². The second kappa shape index (κ2) is 9.39. The van der Waals surface area contributed by atoms with Gasteiger partial charge in [-0.15, -0.1) is 0 Å². The van der Waals surface area contributed by atoms with E-state index in [2.05, 4.69) is 6.92 Å². The normalized spacial score (nSPS) is 12.6. The highest BCUT2D eigenvalue weighted by Crippen LogP contribution is 2.29. The summed E-state index contributed by atoms with van der Waals surface area (Å²) in [7, 11) is 0. The largest absolute Gasteiger partial charge is 0.490 e. The summed E-state index contributed by atoms with van der Waals surface area (Å²) in [6, 6.07) is 28.9. The molecule has 0 unspecified atom stereocenters. The number of ether oxygens (including phenoxy) is 1. The van der Waals surface area contributed by atoms with Crippen molar-refractivity contribution in [3.8, 4) is 17.3 Å². The molecule has 6 rings (SSSR count). The lowest BCUT2D eigenvalue weighted by Crippen LogP contribution is -2.20. The van der Waals surface area contributed by atoms with Gasteiger partial charge in [0.05, 0.1) is 23.2 Å². The third kappa shape index (κ3) is 4.16. The Morgan fingerprint density at radius 2 is 1.68 bits per heavy atom. The Bertz CT molecular complexity index is 1820. The van der Waals surface area contributed by atoms with Crippen LogP contribution in [0.2, 0.25) is 0 Å². The third-order valence-corrected chi connectivity index (χ3v) is 6.54. The highest BCUT2D eigenvalue weighted by atomic mass is 16.5. The molecule has 0 aliphatic heterocycles. The molecule has 0 spiro atoms. The van der Waals surface area contributed by atoms with Crippen molar-refractivity contribution in [2.75, 3.05) is 0 Å². The van der Waals surface area contributed by atoms with E-state index in [-0.39, 0.29) is 11.7 Å². The van der Waals surface area contributed by atoms with Crippen LogP contribution in [0, 0.1) is 0 Å². The first-order valence-corrected chi connectivity index (χ1v) is 12.4. The molecule has 6 nitrogen and oxygen atoms in total. The van der Waals surface area contributed by atoms with Crippen LogP contribution in [0.1, 0.15) is 25.8 Å². The van der Waals surface area contributed by atoms with Gasteiger partial charge in [0.2, 0.25) is 5.82 Å². The molecule has 2 aromatic heterocycles. The second-order valence-corrected chi connectivity index (χ2v) is 9.00. The SMILES string of the molecule is CC[C@@H](C)Oc1ccc2ccccc2c1C=Nn1c(-c2cc3ccccc3o2)nc2ccccc2c1=O. The summed E-state index contributed by atoms with van der Waals surface area (Å²) in [6.45, 7) is 4.12. The Hall–Kier alpha value is -4.71. The van der Waals surface area contributed by atoms with Crippen LogP contribution in [-0.2, 0) is 0 Å². The first kappa shape index (κ1) is 22.7. The van der Waals surface area contributed by atoms with Crippen LogP contribution >= 0.6 is 0 Å². The molecular formula is C31H25N3O3. The van der Waals surface area contributed by atoms with Crippen molar-refractivity contribution in [2.45, 2.75) is 26.4 Å². The molecule has 0 N–H and O–H groups in total. The molecule has 0 bridgehead atoms. The van der Waals surface area contributed by atoms with Gasteiger partial charge in [0, 0.05) is 10.9 Å². The van der Waals surface area contributed by atoms with E-state index >= 15 is 0 Å². The molecule has 0 amide bonds. The summed E-state index contributed by atoms with van der Waals surface area (Å²) in [5.74, 6) is 1.51. The second-order valence-electron chi connectivity index (χ2n) is 9.00. The average molecular weight is 488 g/mol. The maximum Gasteiger partial charge on any atom is 0.282 e. The van der Waals surface area contributed by atoms with Gasteiger partial charge in [-0.2, -0.15) is 9.78 Å². The number of rotatable bonds is 6. The summed E-state index contributed by atoms with van der Waals surface area (Å²) < 4.78 is 13.6. The molecule has 0 aliphatic carbocycles. The smallest absolute Gasteiger partial charge is 0.282 e. The first-order valence-electron chi connectivity index (χ1n) is 12.4. The average Bonchev–Trinajstić information content (AvgIpc) is 3.37. The van der Waals surface area contributed by atoms with Crippen LogP contribution in [0.4, 0.5) is 0 Å². The van der Waals surface area contributed by atoms with Gasteiger partial charge in [-0.25, -0.2) is 4.98 Å². The third-order valence-electron chi connectivity index (χ3n) is 6.54. The highest BCUT2D eigenvalue weighted by Gasteiger charge is 2.17. The van der Waals surface area contributed by atoms with Crippen molar-refractivity contribution in [1.82, 2.24) is 9.66 Å². The number of aromatic nitrogens is 2. The van der Waals surface area contributed by atoms with Crippen LogP contribution in [0.25, 0.3) is 44.2 Å². The van der Waals surface area contributed by atoms with E-state index in [0.29, 0.717) is 33.8 Å². The minimum Gasteiger partial charge on any atom is -0.490 e. The van der Waals surface area contributed by atoms with Crippen molar-refractivity contribution in [2.24, 2.45) is 5.10 Å². The molecule has 37 heavy (non-hydrogen) atoms. The van der Waals surface area contributed by atoms with E-state index < -0.39 is 0 Å². The van der Waals surface area contributed by atoms with Crippen LogP contribution in [0.15, 0.2) is 105 Å². The van der Waals surface area contributed by atoms with Crippen molar-refractivity contribution < 1.29 is 9.15 Å². The fourth-order valence-electron chi connectivity index (χ4n) is 4.41.